The van der Waals surface area contributed by atoms with Gasteiger partial charge in [-0.3, -0.25) is 9.36 Å². The van der Waals surface area contributed by atoms with Gasteiger partial charge in [-0.2, -0.15) is 0 Å². The van der Waals surface area contributed by atoms with Crippen LogP contribution in [0.1, 0.15) is 48.3 Å². The summed E-state index contributed by atoms with van der Waals surface area (Å²) in [5.41, 5.74) is 3.45. The number of rotatable bonds is 9. The number of anilines is 1. The summed E-state index contributed by atoms with van der Waals surface area (Å²) in [6.07, 6.45) is 3.32. The summed E-state index contributed by atoms with van der Waals surface area (Å²) in [5, 5.41) is 0. The van der Waals surface area contributed by atoms with Crippen molar-refractivity contribution < 1.29 is 19.1 Å². The molecular weight excluding hydrogens is 514 g/mol. The summed E-state index contributed by atoms with van der Waals surface area (Å²) in [6.45, 7) is 11.4. The smallest absolute Gasteiger partial charge is 0.338 e. The highest BCUT2D eigenvalue weighted by Crippen LogP contribution is 2.31. The molecule has 0 radical (unpaired) electrons. The SMILES string of the molecule is C=CCOC(=O)C1=C(C)N=c2sc(=Cc3ccc(N(CC)CC)cc3)c(=O)n2C1c1ccc(C(=O)OC)cc1. The minimum Gasteiger partial charge on any atom is -0.465 e. The van der Waals surface area contributed by atoms with E-state index in [9.17, 15) is 14.4 Å². The molecule has 0 aliphatic carbocycles. The molecule has 4 rings (SSSR count). The van der Waals surface area contributed by atoms with Gasteiger partial charge in [0.2, 0.25) is 0 Å². The molecule has 0 bridgehead atoms. The number of esters is 2. The Hall–Kier alpha value is -4.24. The quantitative estimate of drug-likeness (QED) is 0.302. The number of methoxy groups -OCH3 is 1. The number of thiazole rings is 1. The fraction of sp³-hybridized carbons (Fsp3) is 0.267. The predicted octanol–water partition coefficient (Wildman–Crippen LogP) is 3.60. The zero-order valence-electron chi connectivity index (χ0n) is 22.5. The molecule has 1 unspecified atom stereocenters. The summed E-state index contributed by atoms with van der Waals surface area (Å²) in [4.78, 5) is 46.2. The van der Waals surface area contributed by atoms with Crippen molar-refractivity contribution in [3.63, 3.8) is 0 Å². The molecule has 9 heteroatoms. The van der Waals surface area contributed by atoms with Crippen LogP contribution >= 0.6 is 11.3 Å². The Morgan fingerprint density at radius 3 is 2.33 bits per heavy atom. The standard InChI is InChI=1S/C30H31N3O5S/c1-6-17-38-29(36)25-19(4)31-30-33(26(25)21-11-13-22(14-12-21)28(35)37-5)27(34)24(39-30)18-20-9-15-23(16-10-20)32(7-2)8-3/h6,9-16,18,26H,1,7-8,17H2,2-5H3. The summed E-state index contributed by atoms with van der Waals surface area (Å²) in [5.74, 6) is -1.06. The molecule has 1 aliphatic heterocycles. The number of fused-ring (bicyclic) bond motifs is 1. The molecule has 202 valence electrons. The minimum absolute atomic E-state index is 0.0253. The molecule has 2 heterocycles. The van der Waals surface area contributed by atoms with Crippen molar-refractivity contribution in [2.24, 2.45) is 4.99 Å². The summed E-state index contributed by atoms with van der Waals surface area (Å²) >= 11 is 1.26. The predicted molar refractivity (Wildman–Crippen MR) is 153 cm³/mol. The zero-order chi connectivity index (χ0) is 28.1. The Morgan fingerprint density at radius 2 is 1.74 bits per heavy atom. The van der Waals surface area contributed by atoms with Crippen LogP contribution in [0.15, 0.2) is 82.2 Å². The van der Waals surface area contributed by atoms with Crippen LogP contribution in [0.5, 0.6) is 0 Å². The van der Waals surface area contributed by atoms with Gasteiger partial charge in [-0.1, -0.05) is 48.3 Å². The highest BCUT2D eigenvalue weighted by Gasteiger charge is 2.33. The second-order valence-corrected chi connectivity index (χ2v) is 9.86. The Bertz CT molecular complexity index is 1590. The van der Waals surface area contributed by atoms with E-state index in [1.54, 1.807) is 31.2 Å². The van der Waals surface area contributed by atoms with Crippen LogP contribution < -0.4 is 19.8 Å². The van der Waals surface area contributed by atoms with Gasteiger partial charge in [0.05, 0.1) is 34.5 Å². The third-order valence-electron chi connectivity index (χ3n) is 6.54. The van der Waals surface area contributed by atoms with Crippen LogP contribution in [0.4, 0.5) is 5.69 Å². The van der Waals surface area contributed by atoms with Crippen LogP contribution in [0.2, 0.25) is 0 Å². The fourth-order valence-electron chi connectivity index (χ4n) is 4.55. The van der Waals surface area contributed by atoms with Crippen molar-refractivity contribution in [3.8, 4) is 0 Å². The highest BCUT2D eigenvalue weighted by molar-refractivity contribution is 7.07. The lowest BCUT2D eigenvalue weighted by molar-refractivity contribution is -0.138. The second kappa shape index (κ2) is 12.1. The zero-order valence-corrected chi connectivity index (χ0v) is 23.3. The molecule has 0 amide bonds. The number of hydrogen-bond donors (Lipinski definition) is 0. The molecule has 0 fully saturated rings. The van der Waals surface area contributed by atoms with Crippen molar-refractivity contribution in [3.05, 3.63) is 109 Å². The lowest BCUT2D eigenvalue weighted by Crippen LogP contribution is -2.40. The molecule has 0 saturated carbocycles. The van der Waals surface area contributed by atoms with E-state index in [0.29, 0.717) is 26.2 Å². The van der Waals surface area contributed by atoms with Gasteiger partial charge in [-0.05, 0) is 62.2 Å². The molecule has 3 aromatic rings. The van der Waals surface area contributed by atoms with Crippen LogP contribution in [0.3, 0.4) is 0 Å². The summed E-state index contributed by atoms with van der Waals surface area (Å²) in [7, 11) is 1.31. The Balaban J connectivity index is 1.84. The molecule has 0 spiro atoms. The summed E-state index contributed by atoms with van der Waals surface area (Å²) in [6, 6.07) is 13.9. The monoisotopic (exact) mass is 545 g/mol. The molecule has 1 aliphatic rings. The van der Waals surface area contributed by atoms with Gasteiger partial charge in [0.25, 0.3) is 5.56 Å². The Labute approximate surface area is 230 Å². The lowest BCUT2D eigenvalue weighted by atomic mass is 9.95. The third kappa shape index (κ3) is 5.63. The number of aromatic nitrogens is 1. The first-order valence-corrected chi connectivity index (χ1v) is 13.5. The van der Waals surface area contributed by atoms with Gasteiger partial charge in [0.15, 0.2) is 4.80 Å². The van der Waals surface area contributed by atoms with Crippen molar-refractivity contribution in [1.29, 1.82) is 0 Å². The van der Waals surface area contributed by atoms with E-state index in [1.165, 1.54) is 29.1 Å². The number of hydrogen-bond acceptors (Lipinski definition) is 8. The first-order chi connectivity index (χ1) is 18.8. The normalized spacial score (nSPS) is 14.9. The van der Waals surface area contributed by atoms with Crippen LogP contribution in [0.25, 0.3) is 6.08 Å². The second-order valence-electron chi connectivity index (χ2n) is 8.85. The first kappa shape index (κ1) is 27.8. The number of benzene rings is 2. The fourth-order valence-corrected chi connectivity index (χ4v) is 5.60. The van der Waals surface area contributed by atoms with Gasteiger partial charge in [0.1, 0.15) is 6.61 Å². The Kier molecular flexibility index (Phi) is 8.61. The van der Waals surface area contributed by atoms with Gasteiger partial charge in [0, 0.05) is 18.8 Å². The van der Waals surface area contributed by atoms with E-state index in [2.05, 4.69) is 30.3 Å². The first-order valence-electron chi connectivity index (χ1n) is 12.7. The number of allylic oxidation sites excluding steroid dienone is 1. The average Bonchev–Trinajstić information content (AvgIpc) is 3.26. The van der Waals surface area contributed by atoms with Gasteiger partial charge < -0.3 is 14.4 Å². The molecule has 1 aromatic heterocycles. The molecule has 8 nitrogen and oxygen atoms in total. The van der Waals surface area contributed by atoms with E-state index < -0.39 is 18.0 Å². The van der Waals surface area contributed by atoms with Crippen LogP contribution in [0, 0.1) is 0 Å². The number of carbonyl (C=O) groups is 2. The summed E-state index contributed by atoms with van der Waals surface area (Å²) < 4.78 is 12.2. The third-order valence-corrected chi connectivity index (χ3v) is 7.52. The number of ether oxygens (including phenoxy) is 2. The van der Waals surface area contributed by atoms with Gasteiger partial charge >= 0.3 is 11.9 Å². The minimum atomic E-state index is -0.780. The average molecular weight is 546 g/mol. The lowest BCUT2D eigenvalue weighted by Gasteiger charge is -2.24. The van der Waals surface area contributed by atoms with E-state index in [0.717, 1.165) is 24.3 Å². The van der Waals surface area contributed by atoms with Gasteiger partial charge in [-0.15, -0.1) is 0 Å². The maximum absolute atomic E-state index is 13.8. The van der Waals surface area contributed by atoms with Crippen molar-refractivity contribution >= 4 is 35.0 Å². The van der Waals surface area contributed by atoms with E-state index in [-0.39, 0.29) is 17.7 Å². The van der Waals surface area contributed by atoms with E-state index >= 15 is 0 Å². The molecule has 39 heavy (non-hydrogen) atoms. The number of nitrogens with zero attached hydrogens (tertiary/aromatic N) is 3. The maximum atomic E-state index is 13.8. The van der Waals surface area contributed by atoms with Crippen molar-refractivity contribution in [2.45, 2.75) is 26.8 Å². The largest absolute Gasteiger partial charge is 0.465 e. The molecule has 0 N–H and O–H groups in total. The molecule has 0 saturated heterocycles. The van der Waals surface area contributed by atoms with E-state index in [1.807, 2.05) is 30.3 Å². The topological polar surface area (TPSA) is 90.2 Å². The molecule has 2 aromatic carbocycles. The van der Waals surface area contributed by atoms with Gasteiger partial charge in [-0.25, -0.2) is 14.6 Å². The van der Waals surface area contributed by atoms with Crippen molar-refractivity contribution in [1.82, 2.24) is 4.57 Å². The molecule has 1 atom stereocenters. The van der Waals surface area contributed by atoms with E-state index in [4.69, 9.17) is 9.47 Å². The molecular formula is C30H31N3O5S. The Morgan fingerprint density at radius 1 is 1.08 bits per heavy atom. The van der Waals surface area contributed by atoms with Crippen LogP contribution in [-0.2, 0) is 14.3 Å². The van der Waals surface area contributed by atoms with Crippen LogP contribution in [-0.4, -0.2) is 43.3 Å². The number of carbonyl (C=O) groups excluding carboxylic acids is 2. The maximum Gasteiger partial charge on any atom is 0.338 e. The highest BCUT2D eigenvalue weighted by atomic mass is 32.1. The van der Waals surface area contributed by atoms with Crippen molar-refractivity contribution in [2.75, 3.05) is 31.7 Å².